The highest BCUT2D eigenvalue weighted by Gasteiger charge is 2.20. The molecule has 0 aliphatic heterocycles. The molecular weight excluding hydrogens is 152 g/mol. The van der Waals surface area contributed by atoms with Gasteiger partial charge in [-0.1, -0.05) is 0 Å². The first kappa shape index (κ1) is 7.66. The van der Waals surface area contributed by atoms with Crippen molar-refractivity contribution in [3.63, 3.8) is 0 Å². The van der Waals surface area contributed by atoms with Crippen molar-refractivity contribution in [2.45, 2.75) is 11.0 Å². The Labute approximate surface area is 58.2 Å². The van der Waals surface area contributed by atoms with Crippen LogP contribution in [0.2, 0.25) is 0 Å². The van der Waals surface area contributed by atoms with E-state index in [0.29, 0.717) is 0 Å². The van der Waals surface area contributed by atoms with Crippen molar-refractivity contribution in [2.75, 3.05) is 0 Å². The summed E-state index contributed by atoms with van der Waals surface area (Å²) in [5.41, 5.74) is 0. The Morgan fingerprint density at radius 2 is 1.86 bits per heavy atom. The maximum absolute atomic E-state index is 10.1. The van der Waals surface area contributed by atoms with Gasteiger partial charge in [-0.05, 0) is 18.5 Å². The molecule has 0 atom stereocenters. The van der Waals surface area contributed by atoms with Crippen molar-refractivity contribution < 1.29 is 4.79 Å². The largest absolute Gasteiger partial charge is 0.279 e. The van der Waals surface area contributed by atoms with Gasteiger partial charge in [0.25, 0.3) is 0 Å². The van der Waals surface area contributed by atoms with E-state index < -0.39 is 9.32 Å². The predicted molar refractivity (Wildman–Crippen MR) is 37.2 cm³/mol. The smallest absolute Gasteiger partial charge is 0.247 e. The minimum absolute atomic E-state index is 0.556. The number of hydrogen-bond acceptors (Lipinski definition) is 3. The fraction of sp³-hybridized carbons (Fsp3) is 0.667. The average molecular weight is 157 g/mol. The standard InChI is InChI=1S/C3H5ClOS2/c1-3(6,7)2(4)5/h6-7H,1H3. The van der Waals surface area contributed by atoms with Gasteiger partial charge in [0.1, 0.15) is 4.08 Å². The lowest BCUT2D eigenvalue weighted by Crippen LogP contribution is -2.15. The van der Waals surface area contributed by atoms with Gasteiger partial charge in [-0.15, -0.1) is 0 Å². The average Bonchev–Trinajstić information content (AvgIpc) is 1.31. The number of carbonyl (C=O) groups is 1. The zero-order valence-corrected chi connectivity index (χ0v) is 6.23. The molecule has 0 aliphatic rings. The van der Waals surface area contributed by atoms with Gasteiger partial charge in [0.15, 0.2) is 0 Å². The Hall–Kier alpha value is 0.660. The van der Waals surface area contributed by atoms with Crippen LogP contribution in [0.15, 0.2) is 0 Å². The fourth-order valence-electron chi connectivity index (χ4n) is 0. The summed E-state index contributed by atoms with van der Waals surface area (Å²) < 4.78 is -0.985. The summed E-state index contributed by atoms with van der Waals surface area (Å²) in [6, 6.07) is 0. The molecule has 0 heterocycles. The zero-order chi connectivity index (χ0) is 6.08. The molecule has 0 radical (unpaired) electrons. The minimum atomic E-state index is -0.985. The summed E-state index contributed by atoms with van der Waals surface area (Å²) in [4.78, 5) is 10.1. The topological polar surface area (TPSA) is 17.1 Å². The van der Waals surface area contributed by atoms with Crippen LogP contribution in [0.5, 0.6) is 0 Å². The van der Waals surface area contributed by atoms with Crippen molar-refractivity contribution >= 4 is 42.1 Å². The van der Waals surface area contributed by atoms with Gasteiger partial charge in [-0.3, -0.25) is 4.79 Å². The molecule has 0 unspecified atom stereocenters. The second-order valence-corrected chi connectivity index (χ2v) is 3.78. The molecule has 0 amide bonds. The Bertz CT molecular complexity index is 85.4. The minimum Gasteiger partial charge on any atom is -0.279 e. The molecule has 0 N–H and O–H groups in total. The van der Waals surface area contributed by atoms with Crippen molar-refractivity contribution in [1.29, 1.82) is 0 Å². The van der Waals surface area contributed by atoms with Crippen LogP contribution >= 0.6 is 36.9 Å². The Morgan fingerprint density at radius 1 is 1.71 bits per heavy atom. The van der Waals surface area contributed by atoms with E-state index in [2.05, 4.69) is 25.3 Å². The van der Waals surface area contributed by atoms with Crippen LogP contribution in [-0.4, -0.2) is 9.32 Å². The molecule has 0 spiro atoms. The molecule has 0 saturated carbocycles. The van der Waals surface area contributed by atoms with Crippen LogP contribution < -0.4 is 0 Å². The molecule has 0 aliphatic carbocycles. The Morgan fingerprint density at radius 3 is 1.86 bits per heavy atom. The van der Waals surface area contributed by atoms with Gasteiger partial charge in [0, 0.05) is 0 Å². The third-order valence-corrected chi connectivity index (χ3v) is 1.42. The van der Waals surface area contributed by atoms with Crippen molar-refractivity contribution in [3.05, 3.63) is 0 Å². The van der Waals surface area contributed by atoms with Crippen LogP contribution in [0.25, 0.3) is 0 Å². The molecule has 0 rings (SSSR count). The van der Waals surface area contributed by atoms with Gasteiger partial charge >= 0.3 is 0 Å². The number of rotatable bonds is 1. The third-order valence-electron chi connectivity index (χ3n) is 0.372. The third kappa shape index (κ3) is 3.26. The normalized spacial score (nSPS) is 11.4. The highest BCUT2D eigenvalue weighted by Crippen LogP contribution is 2.20. The van der Waals surface area contributed by atoms with Crippen LogP contribution in [0.1, 0.15) is 6.92 Å². The molecule has 7 heavy (non-hydrogen) atoms. The van der Waals surface area contributed by atoms with E-state index in [4.69, 9.17) is 11.6 Å². The first-order valence-corrected chi connectivity index (χ1v) is 2.86. The van der Waals surface area contributed by atoms with Crippen LogP contribution in [-0.2, 0) is 4.79 Å². The summed E-state index contributed by atoms with van der Waals surface area (Å²) in [5, 5.41) is -0.556. The maximum Gasteiger partial charge on any atom is 0.247 e. The van der Waals surface area contributed by atoms with E-state index in [0.717, 1.165) is 0 Å². The van der Waals surface area contributed by atoms with Gasteiger partial charge < -0.3 is 0 Å². The van der Waals surface area contributed by atoms with E-state index in [9.17, 15) is 4.79 Å². The zero-order valence-electron chi connectivity index (χ0n) is 3.68. The van der Waals surface area contributed by atoms with Gasteiger partial charge in [-0.25, -0.2) is 0 Å². The van der Waals surface area contributed by atoms with E-state index in [1.54, 1.807) is 0 Å². The Balaban J connectivity index is 3.79. The number of halogens is 1. The van der Waals surface area contributed by atoms with Crippen LogP contribution in [0, 0.1) is 0 Å². The number of hydrogen-bond donors (Lipinski definition) is 2. The lowest BCUT2D eigenvalue weighted by molar-refractivity contribution is -0.111. The molecule has 4 heteroatoms. The van der Waals surface area contributed by atoms with Crippen molar-refractivity contribution in [1.82, 2.24) is 0 Å². The van der Waals surface area contributed by atoms with Gasteiger partial charge in [-0.2, -0.15) is 25.3 Å². The quantitative estimate of drug-likeness (QED) is 0.333. The molecular formula is C3H5ClOS2. The monoisotopic (exact) mass is 156 g/mol. The van der Waals surface area contributed by atoms with Crippen LogP contribution in [0.3, 0.4) is 0 Å². The molecule has 42 valence electrons. The van der Waals surface area contributed by atoms with Crippen LogP contribution in [0.4, 0.5) is 0 Å². The van der Waals surface area contributed by atoms with E-state index >= 15 is 0 Å². The second-order valence-electron chi connectivity index (χ2n) is 1.29. The SMILES string of the molecule is CC(S)(S)C(=O)Cl. The first-order chi connectivity index (χ1) is 2.94. The fourth-order valence-corrected chi connectivity index (χ4v) is 0. The summed E-state index contributed by atoms with van der Waals surface area (Å²) in [5.74, 6) is 0. The molecule has 0 aromatic rings. The molecule has 0 bridgehead atoms. The number of thiol groups is 2. The lowest BCUT2D eigenvalue weighted by atomic mass is 10.5. The van der Waals surface area contributed by atoms with E-state index in [1.807, 2.05) is 0 Å². The predicted octanol–water partition coefficient (Wildman–Crippen LogP) is 1.33. The van der Waals surface area contributed by atoms with Crippen molar-refractivity contribution in [2.24, 2.45) is 0 Å². The molecule has 1 nitrogen and oxygen atoms in total. The molecule has 0 aromatic heterocycles. The molecule has 0 aromatic carbocycles. The van der Waals surface area contributed by atoms with E-state index in [1.165, 1.54) is 6.92 Å². The summed E-state index contributed by atoms with van der Waals surface area (Å²) in [6.45, 7) is 1.51. The van der Waals surface area contributed by atoms with Crippen molar-refractivity contribution in [3.8, 4) is 0 Å². The Kier molecular flexibility index (Phi) is 2.50. The second kappa shape index (κ2) is 2.29. The molecule has 0 fully saturated rings. The first-order valence-electron chi connectivity index (χ1n) is 1.59. The van der Waals surface area contributed by atoms with E-state index in [-0.39, 0.29) is 0 Å². The summed E-state index contributed by atoms with van der Waals surface area (Å²) in [7, 11) is 0. The van der Waals surface area contributed by atoms with Gasteiger partial charge in [0.05, 0.1) is 0 Å². The lowest BCUT2D eigenvalue weighted by Gasteiger charge is -2.06. The van der Waals surface area contributed by atoms with Gasteiger partial charge in [0.2, 0.25) is 5.24 Å². The highest BCUT2D eigenvalue weighted by atomic mass is 35.5. The summed E-state index contributed by atoms with van der Waals surface area (Å²) >= 11 is 12.4. The maximum atomic E-state index is 10.1. The molecule has 0 saturated heterocycles. The number of carbonyl (C=O) groups excluding carboxylic acids is 1. The summed E-state index contributed by atoms with van der Waals surface area (Å²) in [6.07, 6.45) is 0. The highest BCUT2D eigenvalue weighted by molar-refractivity contribution is 8.02.